The standard InChI is InChI=1S/C16H21N5O2/c1-23-9-4-5-10-12(7-9)20-21-14(10)15(22)13-8-18-16-11(19-13)3-2-6-17-16/h4-5,7,11,13,16-19H,2-3,6,8H2,1H3,(H,20,21). The molecule has 3 unspecified atom stereocenters. The Balaban J connectivity index is 1.57. The lowest BCUT2D eigenvalue weighted by Crippen LogP contribution is -2.69. The number of carbonyl (C=O) groups excluding carboxylic acids is 1. The molecule has 0 spiro atoms. The summed E-state index contributed by atoms with van der Waals surface area (Å²) in [6.45, 7) is 1.64. The number of piperidine rings is 1. The number of benzene rings is 1. The molecule has 0 bridgehead atoms. The molecule has 4 rings (SSSR count). The summed E-state index contributed by atoms with van der Waals surface area (Å²) in [6, 6.07) is 5.63. The molecule has 3 heterocycles. The highest BCUT2D eigenvalue weighted by Gasteiger charge is 2.35. The van der Waals surface area contributed by atoms with Gasteiger partial charge in [-0.15, -0.1) is 0 Å². The SMILES string of the molecule is COc1ccc2c(C(=O)C3CNC4NCCCC4N3)n[nH]c2c1. The minimum Gasteiger partial charge on any atom is -0.497 e. The van der Waals surface area contributed by atoms with Crippen molar-refractivity contribution in [3.8, 4) is 5.75 Å². The average Bonchev–Trinajstić information content (AvgIpc) is 3.03. The lowest BCUT2D eigenvalue weighted by atomic mass is 9.96. The van der Waals surface area contributed by atoms with Gasteiger partial charge < -0.3 is 15.4 Å². The molecular weight excluding hydrogens is 294 g/mol. The van der Waals surface area contributed by atoms with Gasteiger partial charge >= 0.3 is 0 Å². The van der Waals surface area contributed by atoms with Crippen LogP contribution < -0.4 is 20.7 Å². The smallest absolute Gasteiger partial charge is 0.201 e. The van der Waals surface area contributed by atoms with Crippen molar-refractivity contribution in [3.63, 3.8) is 0 Å². The molecule has 7 heteroatoms. The molecule has 1 aromatic carbocycles. The highest BCUT2D eigenvalue weighted by Crippen LogP contribution is 2.23. The topological polar surface area (TPSA) is 91.1 Å². The van der Waals surface area contributed by atoms with Crippen LogP contribution in [0.1, 0.15) is 23.3 Å². The number of carbonyl (C=O) groups is 1. The molecule has 0 saturated carbocycles. The van der Waals surface area contributed by atoms with Crippen molar-refractivity contribution in [1.29, 1.82) is 0 Å². The van der Waals surface area contributed by atoms with E-state index in [4.69, 9.17) is 4.74 Å². The number of aromatic amines is 1. The van der Waals surface area contributed by atoms with E-state index < -0.39 is 0 Å². The first-order valence-electron chi connectivity index (χ1n) is 8.05. The molecule has 3 atom stereocenters. The van der Waals surface area contributed by atoms with Gasteiger partial charge in [-0.3, -0.25) is 15.2 Å². The minimum atomic E-state index is -0.246. The largest absolute Gasteiger partial charge is 0.497 e. The van der Waals surface area contributed by atoms with Crippen molar-refractivity contribution in [1.82, 2.24) is 26.1 Å². The fraction of sp³-hybridized carbons (Fsp3) is 0.500. The number of rotatable bonds is 3. The van der Waals surface area contributed by atoms with Crippen molar-refractivity contribution in [2.24, 2.45) is 0 Å². The van der Waals surface area contributed by atoms with E-state index in [1.54, 1.807) is 7.11 Å². The Morgan fingerprint density at radius 3 is 3.13 bits per heavy atom. The fourth-order valence-corrected chi connectivity index (χ4v) is 3.49. The number of H-pyrrole nitrogens is 1. The van der Waals surface area contributed by atoms with E-state index in [1.807, 2.05) is 18.2 Å². The molecule has 2 saturated heterocycles. The highest BCUT2D eigenvalue weighted by atomic mass is 16.5. The number of ketones is 1. The summed E-state index contributed by atoms with van der Waals surface area (Å²) in [4.78, 5) is 12.9. The van der Waals surface area contributed by atoms with Gasteiger partial charge in [0.05, 0.1) is 24.8 Å². The summed E-state index contributed by atoms with van der Waals surface area (Å²) >= 11 is 0. The Kier molecular flexibility index (Phi) is 3.76. The fourth-order valence-electron chi connectivity index (χ4n) is 3.49. The Labute approximate surface area is 134 Å². The van der Waals surface area contributed by atoms with E-state index in [2.05, 4.69) is 26.1 Å². The van der Waals surface area contributed by atoms with Gasteiger partial charge in [-0.2, -0.15) is 5.10 Å². The number of piperazine rings is 1. The number of Topliss-reactive ketones (excluding diaryl/α,β-unsaturated/α-hetero) is 1. The zero-order valence-corrected chi connectivity index (χ0v) is 13.1. The van der Waals surface area contributed by atoms with E-state index in [1.165, 1.54) is 0 Å². The summed E-state index contributed by atoms with van der Waals surface area (Å²) in [5, 5.41) is 18.3. The van der Waals surface area contributed by atoms with Crippen LogP contribution in [-0.2, 0) is 0 Å². The molecule has 23 heavy (non-hydrogen) atoms. The predicted octanol–water partition coefficient (Wildman–Crippen LogP) is 0.394. The number of hydrogen-bond acceptors (Lipinski definition) is 6. The minimum absolute atomic E-state index is 0.0259. The van der Waals surface area contributed by atoms with Crippen LogP contribution in [0.5, 0.6) is 5.75 Å². The number of methoxy groups -OCH3 is 1. The summed E-state index contributed by atoms with van der Waals surface area (Å²) in [7, 11) is 1.62. The number of nitrogens with zero attached hydrogens (tertiary/aromatic N) is 1. The van der Waals surface area contributed by atoms with Gasteiger partial charge in [-0.25, -0.2) is 0 Å². The van der Waals surface area contributed by atoms with Crippen LogP contribution in [0, 0.1) is 0 Å². The Morgan fingerprint density at radius 2 is 2.26 bits per heavy atom. The van der Waals surface area contributed by atoms with E-state index in [0.29, 0.717) is 12.2 Å². The maximum Gasteiger partial charge on any atom is 0.201 e. The zero-order valence-electron chi connectivity index (χ0n) is 13.1. The van der Waals surface area contributed by atoms with Crippen LogP contribution in [0.4, 0.5) is 0 Å². The summed E-state index contributed by atoms with van der Waals surface area (Å²) in [6.07, 6.45) is 2.46. The Morgan fingerprint density at radius 1 is 1.35 bits per heavy atom. The van der Waals surface area contributed by atoms with Gasteiger partial charge in [0.2, 0.25) is 5.78 Å². The van der Waals surface area contributed by atoms with Crippen LogP contribution in [0.25, 0.3) is 10.9 Å². The zero-order chi connectivity index (χ0) is 15.8. The molecule has 2 aromatic rings. The normalized spacial score (nSPS) is 27.6. The second-order valence-corrected chi connectivity index (χ2v) is 6.16. The molecule has 122 valence electrons. The van der Waals surface area contributed by atoms with E-state index in [0.717, 1.165) is 36.0 Å². The first-order valence-corrected chi connectivity index (χ1v) is 8.05. The van der Waals surface area contributed by atoms with Gasteiger partial charge in [0.1, 0.15) is 11.4 Å². The third kappa shape index (κ3) is 2.60. The Bertz CT molecular complexity index is 728. The number of fused-ring (bicyclic) bond motifs is 2. The van der Waals surface area contributed by atoms with Gasteiger partial charge in [0.25, 0.3) is 0 Å². The van der Waals surface area contributed by atoms with Gasteiger partial charge in [0.15, 0.2) is 0 Å². The highest BCUT2D eigenvalue weighted by molar-refractivity contribution is 6.08. The molecule has 0 radical (unpaired) electrons. The quantitative estimate of drug-likeness (QED) is 0.613. The first-order chi connectivity index (χ1) is 11.3. The molecule has 2 aliphatic heterocycles. The molecule has 1 aromatic heterocycles. The summed E-state index contributed by atoms with van der Waals surface area (Å²) in [5.41, 5.74) is 1.30. The third-order valence-electron chi connectivity index (χ3n) is 4.74. The van der Waals surface area contributed by atoms with Crippen molar-refractivity contribution in [2.75, 3.05) is 20.2 Å². The number of hydrogen-bond donors (Lipinski definition) is 4. The molecule has 7 nitrogen and oxygen atoms in total. The predicted molar refractivity (Wildman–Crippen MR) is 86.7 cm³/mol. The molecule has 2 fully saturated rings. The second-order valence-electron chi connectivity index (χ2n) is 6.16. The second kappa shape index (κ2) is 5.92. The van der Waals surface area contributed by atoms with E-state index in [9.17, 15) is 4.79 Å². The van der Waals surface area contributed by atoms with Crippen molar-refractivity contribution in [3.05, 3.63) is 23.9 Å². The van der Waals surface area contributed by atoms with Crippen molar-refractivity contribution in [2.45, 2.75) is 31.1 Å². The molecule has 2 aliphatic rings. The van der Waals surface area contributed by atoms with Crippen LogP contribution in [0.15, 0.2) is 18.2 Å². The maximum absolute atomic E-state index is 12.9. The summed E-state index contributed by atoms with van der Waals surface area (Å²) < 4.78 is 5.21. The Hall–Kier alpha value is -1.96. The monoisotopic (exact) mass is 315 g/mol. The number of aromatic nitrogens is 2. The van der Waals surface area contributed by atoms with Crippen LogP contribution in [0.3, 0.4) is 0 Å². The lowest BCUT2D eigenvalue weighted by Gasteiger charge is -2.41. The van der Waals surface area contributed by atoms with Crippen LogP contribution in [0.2, 0.25) is 0 Å². The molecule has 0 aliphatic carbocycles. The molecule has 4 N–H and O–H groups in total. The average molecular weight is 315 g/mol. The van der Waals surface area contributed by atoms with Gasteiger partial charge in [-0.1, -0.05) is 0 Å². The van der Waals surface area contributed by atoms with E-state index >= 15 is 0 Å². The molecular formula is C16H21N5O2. The molecule has 0 amide bonds. The first kappa shape index (κ1) is 14.6. The number of nitrogens with one attached hydrogen (secondary N) is 4. The van der Waals surface area contributed by atoms with Crippen LogP contribution in [-0.4, -0.2) is 54.4 Å². The van der Waals surface area contributed by atoms with Crippen molar-refractivity contribution < 1.29 is 9.53 Å². The van der Waals surface area contributed by atoms with Gasteiger partial charge in [-0.05, 0) is 31.5 Å². The number of ether oxygens (including phenoxy) is 1. The van der Waals surface area contributed by atoms with Gasteiger partial charge in [0, 0.05) is 24.0 Å². The third-order valence-corrected chi connectivity index (χ3v) is 4.74. The van der Waals surface area contributed by atoms with E-state index in [-0.39, 0.29) is 24.0 Å². The van der Waals surface area contributed by atoms with Crippen LogP contribution >= 0.6 is 0 Å². The summed E-state index contributed by atoms with van der Waals surface area (Å²) in [5.74, 6) is 0.770. The lowest BCUT2D eigenvalue weighted by molar-refractivity contribution is 0.0880. The van der Waals surface area contributed by atoms with Crippen molar-refractivity contribution >= 4 is 16.7 Å². The maximum atomic E-state index is 12.9.